The van der Waals surface area contributed by atoms with Crippen molar-refractivity contribution in [3.63, 3.8) is 0 Å². The number of hydrogen-bond acceptors (Lipinski definition) is 6. The van der Waals surface area contributed by atoms with Crippen LogP contribution in [0.1, 0.15) is 26.2 Å². The van der Waals surface area contributed by atoms with Gasteiger partial charge in [0.1, 0.15) is 11.8 Å². The highest BCUT2D eigenvalue weighted by Gasteiger charge is 2.29. The minimum atomic E-state index is -0.869. The Morgan fingerprint density at radius 2 is 2.19 bits per heavy atom. The predicted molar refractivity (Wildman–Crippen MR) is 73.2 cm³/mol. The van der Waals surface area contributed by atoms with Gasteiger partial charge in [-0.05, 0) is 19.8 Å². The van der Waals surface area contributed by atoms with Crippen LogP contribution in [0.3, 0.4) is 0 Å². The molecule has 1 aliphatic carbocycles. The molecule has 2 aromatic rings. The van der Waals surface area contributed by atoms with Gasteiger partial charge in [0.15, 0.2) is 17.6 Å². The summed E-state index contributed by atoms with van der Waals surface area (Å²) in [6, 6.07) is 0. The molecule has 0 spiro atoms. The predicted octanol–water partition coefficient (Wildman–Crippen LogP) is 1.02. The van der Waals surface area contributed by atoms with E-state index in [1.807, 2.05) is 0 Å². The van der Waals surface area contributed by atoms with Gasteiger partial charge in [-0.25, -0.2) is 15.0 Å². The van der Waals surface area contributed by atoms with E-state index in [2.05, 4.69) is 25.3 Å². The van der Waals surface area contributed by atoms with Gasteiger partial charge in [0, 0.05) is 0 Å². The van der Waals surface area contributed by atoms with Gasteiger partial charge >= 0.3 is 5.97 Å². The van der Waals surface area contributed by atoms with Crippen molar-refractivity contribution in [2.24, 2.45) is 5.92 Å². The molecule has 1 saturated carbocycles. The minimum Gasteiger partial charge on any atom is -0.452 e. The number of carbonyl (C=O) groups is 2. The van der Waals surface area contributed by atoms with Crippen molar-refractivity contribution in [3.8, 4) is 0 Å². The van der Waals surface area contributed by atoms with E-state index in [0.29, 0.717) is 17.0 Å². The molecule has 2 N–H and O–H groups in total. The Bertz CT molecular complexity index is 679. The molecule has 2 heterocycles. The Balaban J connectivity index is 1.65. The lowest BCUT2D eigenvalue weighted by Crippen LogP contribution is -2.34. The minimum absolute atomic E-state index is 0.0568. The van der Waals surface area contributed by atoms with E-state index < -0.39 is 12.0 Å². The van der Waals surface area contributed by atoms with Crippen molar-refractivity contribution >= 4 is 28.9 Å². The second-order valence-corrected chi connectivity index (χ2v) is 5.02. The van der Waals surface area contributed by atoms with Gasteiger partial charge in [0.2, 0.25) is 0 Å². The number of nitrogens with one attached hydrogen (secondary N) is 2. The van der Waals surface area contributed by atoms with Crippen LogP contribution < -0.4 is 5.32 Å². The highest BCUT2D eigenvalue weighted by atomic mass is 16.5. The molecule has 1 fully saturated rings. The maximum Gasteiger partial charge on any atom is 0.309 e. The van der Waals surface area contributed by atoms with Crippen molar-refractivity contribution in [2.75, 3.05) is 5.32 Å². The van der Waals surface area contributed by atoms with Gasteiger partial charge < -0.3 is 15.0 Å². The number of nitrogens with zero attached hydrogens (tertiary/aromatic N) is 3. The van der Waals surface area contributed by atoms with Crippen molar-refractivity contribution in [2.45, 2.75) is 32.3 Å². The summed E-state index contributed by atoms with van der Waals surface area (Å²) in [6.45, 7) is 1.54. The number of imidazole rings is 1. The SMILES string of the molecule is CC(OC(=O)C1CCC1)C(=O)Nc1ncnc2nc[nH]c12. The lowest BCUT2D eigenvalue weighted by Gasteiger charge is -2.24. The summed E-state index contributed by atoms with van der Waals surface area (Å²) in [5, 5.41) is 2.61. The maximum atomic E-state index is 12.1. The zero-order chi connectivity index (χ0) is 14.8. The summed E-state index contributed by atoms with van der Waals surface area (Å²) in [5.41, 5.74) is 0.989. The molecule has 110 valence electrons. The van der Waals surface area contributed by atoms with Gasteiger partial charge in [-0.3, -0.25) is 9.59 Å². The number of H-pyrrole nitrogens is 1. The zero-order valence-corrected chi connectivity index (χ0v) is 11.5. The van der Waals surface area contributed by atoms with Crippen LogP contribution in [0.15, 0.2) is 12.7 Å². The third-order valence-electron chi connectivity index (χ3n) is 3.57. The molecule has 2 aromatic heterocycles. The van der Waals surface area contributed by atoms with Gasteiger partial charge in [-0.15, -0.1) is 0 Å². The summed E-state index contributed by atoms with van der Waals surface area (Å²) >= 11 is 0. The number of anilines is 1. The van der Waals surface area contributed by atoms with Crippen LogP contribution in [0.4, 0.5) is 5.82 Å². The number of aromatic amines is 1. The Morgan fingerprint density at radius 3 is 2.90 bits per heavy atom. The molecule has 0 radical (unpaired) electrons. The summed E-state index contributed by atoms with van der Waals surface area (Å²) < 4.78 is 5.16. The Labute approximate surface area is 120 Å². The van der Waals surface area contributed by atoms with E-state index in [1.165, 1.54) is 19.6 Å². The first-order valence-electron chi connectivity index (χ1n) is 6.80. The van der Waals surface area contributed by atoms with Gasteiger partial charge in [-0.1, -0.05) is 6.42 Å². The maximum absolute atomic E-state index is 12.1. The van der Waals surface area contributed by atoms with Crippen LogP contribution in [-0.4, -0.2) is 37.9 Å². The molecule has 8 nitrogen and oxygen atoms in total. The summed E-state index contributed by atoms with van der Waals surface area (Å²) in [6.07, 6.45) is 4.63. The van der Waals surface area contributed by atoms with Crippen LogP contribution in [-0.2, 0) is 14.3 Å². The van der Waals surface area contributed by atoms with E-state index in [-0.39, 0.29) is 11.9 Å². The summed E-state index contributed by atoms with van der Waals surface area (Å²) in [5.74, 6) is -0.483. The molecule has 1 aliphatic rings. The Kier molecular flexibility index (Phi) is 3.51. The molecule has 0 aliphatic heterocycles. The number of aromatic nitrogens is 4. The molecule has 3 rings (SSSR count). The quantitative estimate of drug-likeness (QED) is 0.813. The highest BCUT2D eigenvalue weighted by molar-refractivity contribution is 5.99. The highest BCUT2D eigenvalue weighted by Crippen LogP contribution is 2.27. The average Bonchev–Trinajstić information content (AvgIpc) is 2.85. The molecule has 0 bridgehead atoms. The fraction of sp³-hybridized carbons (Fsp3) is 0.462. The third kappa shape index (κ3) is 2.69. The molecule has 1 amide bonds. The fourth-order valence-corrected chi connectivity index (χ4v) is 2.05. The molecular formula is C13H15N5O3. The third-order valence-corrected chi connectivity index (χ3v) is 3.57. The number of carbonyl (C=O) groups excluding carboxylic acids is 2. The summed E-state index contributed by atoms with van der Waals surface area (Å²) in [7, 11) is 0. The fourth-order valence-electron chi connectivity index (χ4n) is 2.05. The van der Waals surface area contributed by atoms with Crippen LogP contribution in [0.25, 0.3) is 11.2 Å². The Hall–Kier alpha value is -2.51. The van der Waals surface area contributed by atoms with Gasteiger partial charge in [-0.2, -0.15) is 0 Å². The number of esters is 1. The normalized spacial score (nSPS) is 16.2. The lowest BCUT2D eigenvalue weighted by atomic mass is 9.86. The number of rotatable bonds is 4. The molecule has 1 unspecified atom stereocenters. The average molecular weight is 289 g/mol. The van der Waals surface area contributed by atoms with Crippen molar-refractivity contribution in [1.82, 2.24) is 19.9 Å². The van der Waals surface area contributed by atoms with E-state index >= 15 is 0 Å². The lowest BCUT2D eigenvalue weighted by molar-refractivity contribution is -0.159. The van der Waals surface area contributed by atoms with Crippen LogP contribution in [0.5, 0.6) is 0 Å². The molecule has 0 saturated heterocycles. The second kappa shape index (κ2) is 5.47. The van der Waals surface area contributed by atoms with Gasteiger partial charge in [0.25, 0.3) is 5.91 Å². The van der Waals surface area contributed by atoms with Crippen LogP contribution in [0.2, 0.25) is 0 Å². The zero-order valence-electron chi connectivity index (χ0n) is 11.5. The monoisotopic (exact) mass is 289 g/mol. The van der Waals surface area contributed by atoms with E-state index in [1.54, 1.807) is 0 Å². The smallest absolute Gasteiger partial charge is 0.309 e. The van der Waals surface area contributed by atoms with Crippen LogP contribution >= 0.6 is 0 Å². The number of amides is 1. The molecule has 0 aromatic carbocycles. The van der Waals surface area contributed by atoms with E-state index in [0.717, 1.165) is 19.3 Å². The van der Waals surface area contributed by atoms with Crippen molar-refractivity contribution in [3.05, 3.63) is 12.7 Å². The largest absolute Gasteiger partial charge is 0.452 e. The topological polar surface area (TPSA) is 110 Å². The first-order chi connectivity index (χ1) is 10.1. The molecule has 21 heavy (non-hydrogen) atoms. The number of fused-ring (bicyclic) bond motifs is 1. The molecule has 1 atom stereocenters. The van der Waals surface area contributed by atoms with Gasteiger partial charge in [0.05, 0.1) is 12.2 Å². The standard InChI is InChI=1S/C13H15N5O3/c1-7(21-13(20)8-3-2-4-8)12(19)18-11-9-10(15-5-14-9)16-6-17-11/h5-8H,2-4H2,1H3,(H2,14,15,16,17,18,19). The molecule has 8 heteroatoms. The Morgan fingerprint density at radius 1 is 1.38 bits per heavy atom. The number of ether oxygens (including phenoxy) is 1. The molecular weight excluding hydrogens is 274 g/mol. The van der Waals surface area contributed by atoms with Crippen molar-refractivity contribution < 1.29 is 14.3 Å². The van der Waals surface area contributed by atoms with Crippen LogP contribution in [0, 0.1) is 5.92 Å². The second-order valence-electron chi connectivity index (χ2n) is 5.02. The van der Waals surface area contributed by atoms with E-state index in [4.69, 9.17) is 4.74 Å². The number of hydrogen-bond donors (Lipinski definition) is 2. The first kappa shape index (κ1) is 13.5. The van der Waals surface area contributed by atoms with E-state index in [9.17, 15) is 9.59 Å². The van der Waals surface area contributed by atoms with Crippen molar-refractivity contribution in [1.29, 1.82) is 0 Å². The first-order valence-corrected chi connectivity index (χ1v) is 6.80. The summed E-state index contributed by atoms with van der Waals surface area (Å²) in [4.78, 5) is 38.6.